The number of hydrogen-bond donors (Lipinski definition) is 1. The normalized spacial score (nSPS) is 15.3. The van der Waals surface area contributed by atoms with Gasteiger partial charge in [0.05, 0.1) is 19.0 Å². The molecule has 0 atom stereocenters. The molecule has 1 N–H and O–H groups in total. The van der Waals surface area contributed by atoms with Crippen molar-refractivity contribution in [2.24, 2.45) is 0 Å². The van der Waals surface area contributed by atoms with Crippen LogP contribution < -0.4 is 15.1 Å². The van der Waals surface area contributed by atoms with E-state index in [0.29, 0.717) is 17.5 Å². The Labute approximate surface area is 149 Å². The van der Waals surface area contributed by atoms with Crippen LogP contribution in [-0.2, 0) is 14.8 Å². The highest BCUT2D eigenvalue weighted by molar-refractivity contribution is 7.88. The van der Waals surface area contributed by atoms with Gasteiger partial charge in [-0.2, -0.15) is 9.29 Å². The topological polar surface area (TPSA) is 98.7 Å². The van der Waals surface area contributed by atoms with Gasteiger partial charge in [-0.15, -0.1) is 0 Å². The number of sulfonamides is 1. The van der Waals surface area contributed by atoms with E-state index in [4.69, 9.17) is 0 Å². The van der Waals surface area contributed by atoms with E-state index in [1.54, 1.807) is 11.1 Å². The van der Waals surface area contributed by atoms with Crippen LogP contribution in [0, 0.1) is 0 Å². The molecule has 1 aromatic heterocycles. The molecule has 0 radical (unpaired) electrons. The standard InChI is InChI=1S/C15H26N6O3S/c1-19(2)14-12(17-13(22)11-20(3)25(4,23)24)10-16-15(18-14)21-8-6-5-7-9-21/h10H,5-9,11H2,1-4H3,(H,17,22). The molecule has 0 aromatic carbocycles. The van der Waals surface area contributed by atoms with Gasteiger partial charge in [0.15, 0.2) is 5.82 Å². The first-order valence-corrected chi connectivity index (χ1v) is 10.0. The van der Waals surface area contributed by atoms with Gasteiger partial charge in [0.2, 0.25) is 21.9 Å². The van der Waals surface area contributed by atoms with E-state index >= 15 is 0 Å². The summed E-state index contributed by atoms with van der Waals surface area (Å²) in [5.41, 5.74) is 0.456. The van der Waals surface area contributed by atoms with E-state index in [9.17, 15) is 13.2 Å². The molecule has 1 fully saturated rings. The largest absolute Gasteiger partial charge is 0.361 e. The number of likely N-dealkylation sites (N-methyl/N-ethyl adjacent to an activating group) is 1. The number of nitrogens with zero attached hydrogens (tertiary/aromatic N) is 5. The highest BCUT2D eigenvalue weighted by Gasteiger charge is 2.19. The summed E-state index contributed by atoms with van der Waals surface area (Å²) < 4.78 is 23.8. The van der Waals surface area contributed by atoms with Crippen LogP contribution in [0.3, 0.4) is 0 Å². The minimum atomic E-state index is -3.41. The quantitative estimate of drug-likeness (QED) is 0.772. The van der Waals surface area contributed by atoms with Gasteiger partial charge in [0, 0.05) is 34.2 Å². The number of aromatic nitrogens is 2. The van der Waals surface area contributed by atoms with Crippen molar-refractivity contribution in [3.63, 3.8) is 0 Å². The third-order valence-electron chi connectivity index (χ3n) is 4.02. The third-order valence-corrected chi connectivity index (χ3v) is 5.29. The molecule has 1 aliphatic rings. The summed E-state index contributed by atoms with van der Waals surface area (Å²) in [4.78, 5) is 25.0. The zero-order valence-electron chi connectivity index (χ0n) is 15.2. The highest BCUT2D eigenvalue weighted by Crippen LogP contribution is 2.25. The summed E-state index contributed by atoms with van der Waals surface area (Å²) >= 11 is 0. The van der Waals surface area contributed by atoms with Crippen LogP contribution in [0.2, 0.25) is 0 Å². The number of hydrogen-bond acceptors (Lipinski definition) is 7. The Hall–Kier alpha value is -1.94. The summed E-state index contributed by atoms with van der Waals surface area (Å²) in [5, 5.41) is 2.69. The van der Waals surface area contributed by atoms with Crippen molar-refractivity contribution in [1.29, 1.82) is 0 Å². The van der Waals surface area contributed by atoms with Gasteiger partial charge in [0.25, 0.3) is 0 Å². The fraction of sp³-hybridized carbons (Fsp3) is 0.667. The number of anilines is 3. The molecule has 2 heterocycles. The first-order chi connectivity index (χ1) is 11.7. The van der Waals surface area contributed by atoms with Crippen LogP contribution in [0.25, 0.3) is 0 Å². The van der Waals surface area contributed by atoms with Crippen LogP contribution >= 0.6 is 0 Å². The van der Waals surface area contributed by atoms with Crippen LogP contribution in [0.1, 0.15) is 19.3 Å². The van der Waals surface area contributed by atoms with Gasteiger partial charge < -0.3 is 15.1 Å². The second-order valence-electron chi connectivity index (χ2n) is 6.42. The molecular weight excluding hydrogens is 344 g/mol. The molecule has 1 aromatic rings. The molecule has 0 bridgehead atoms. The molecule has 9 nitrogen and oxygen atoms in total. The molecule has 0 aliphatic carbocycles. The highest BCUT2D eigenvalue weighted by atomic mass is 32.2. The van der Waals surface area contributed by atoms with E-state index in [-0.39, 0.29) is 6.54 Å². The molecule has 1 amide bonds. The molecule has 0 unspecified atom stereocenters. The molecule has 25 heavy (non-hydrogen) atoms. The number of piperidine rings is 1. The van der Waals surface area contributed by atoms with E-state index in [0.717, 1.165) is 36.5 Å². The maximum Gasteiger partial charge on any atom is 0.239 e. The molecule has 0 saturated carbocycles. The molecule has 1 aliphatic heterocycles. The lowest BCUT2D eigenvalue weighted by Gasteiger charge is -2.28. The first-order valence-electron chi connectivity index (χ1n) is 8.19. The Kier molecular flexibility index (Phi) is 6.17. The maximum atomic E-state index is 12.1. The number of amides is 1. The summed E-state index contributed by atoms with van der Waals surface area (Å²) in [6, 6.07) is 0. The average molecular weight is 370 g/mol. The van der Waals surface area contributed by atoms with E-state index in [1.807, 2.05) is 14.1 Å². The van der Waals surface area contributed by atoms with Crippen molar-refractivity contribution in [1.82, 2.24) is 14.3 Å². The SMILES string of the molecule is CN(C)c1nc(N2CCCCC2)ncc1NC(=O)CN(C)S(C)(=O)=O. The minimum Gasteiger partial charge on any atom is -0.361 e. The Morgan fingerprint density at radius 1 is 1.24 bits per heavy atom. The Balaban J connectivity index is 2.15. The van der Waals surface area contributed by atoms with Crippen molar-refractivity contribution in [3.05, 3.63) is 6.20 Å². The Morgan fingerprint density at radius 3 is 2.44 bits per heavy atom. The molecule has 0 spiro atoms. The number of nitrogens with one attached hydrogen (secondary N) is 1. The van der Waals surface area contributed by atoms with E-state index in [2.05, 4.69) is 20.2 Å². The lowest BCUT2D eigenvalue weighted by molar-refractivity contribution is -0.116. The van der Waals surface area contributed by atoms with Crippen molar-refractivity contribution in [2.45, 2.75) is 19.3 Å². The van der Waals surface area contributed by atoms with Crippen LogP contribution in [0.4, 0.5) is 17.5 Å². The van der Waals surface area contributed by atoms with Crippen molar-refractivity contribution in [2.75, 3.05) is 62.1 Å². The van der Waals surface area contributed by atoms with Gasteiger partial charge in [-0.25, -0.2) is 13.4 Å². The van der Waals surface area contributed by atoms with Crippen LogP contribution in [0.15, 0.2) is 6.20 Å². The van der Waals surface area contributed by atoms with Gasteiger partial charge in [-0.3, -0.25) is 4.79 Å². The van der Waals surface area contributed by atoms with Gasteiger partial charge in [0.1, 0.15) is 5.69 Å². The fourth-order valence-electron chi connectivity index (χ4n) is 2.55. The summed E-state index contributed by atoms with van der Waals surface area (Å²) in [5.74, 6) is 0.797. The second-order valence-corrected chi connectivity index (χ2v) is 8.51. The molecule has 10 heteroatoms. The Morgan fingerprint density at radius 2 is 1.88 bits per heavy atom. The van der Waals surface area contributed by atoms with E-state index in [1.165, 1.54) is 13.5 Å². The predicted molar refractivity (Wildman–Crippen MR) is 98.5 cm³/mol. The Bertz CT molecular complexity index is 716. The predicted octanol–water partition coefficient (Wildman–Crippen LogP) is 0.363. The van der Waals surface area contributed by atoms with Crippen molar-refractivity contribution < 1.29 is 13.2 Å². The number of carbonyl (C=O) groups excluding carboxylic acids is 1. The molecule has 1 saturated heterocycles. The fourth-order valence-corrected chi connectivity index (χ4v) is 2.90. The second kappa shape index (κ2) is 7.96. The number of rotatable bonds is 6. The van der Waals surface area contributed by atoms with Gasteiger partial charge >= 0.3 is 0 Å². The number of carbonyl (C=O) groups is 1. The van der Waals surface area contributed by atoms with Crippen LogP contribution in [0.5, 0.6) is 0 Å². The smallest absolute Gasteiger partial charge is 0.239 e. The average Bonchev–Trinajstić information content (AvgIpc) is 2.54. The zero-order valence-corrected chi connectivity index (χ0v) is 16.0. The maximum absolute atomic E-state index is 12.1. The first kappa shape index (κ1) is 19.4. The summed E-state index contributed by atoms with van der Waals surface area (Å²) in [7, 11) is 1.61. The van der Waals surface area contributed by atoms with Crippen molar-refractivity contribution in [3.8, 4) is 0 Å². The van der Waals surface area contributed by atoms with E-state index < -0.39 is 15.9 Å². The van der Waals surface area contributed by atoms with Crippen molar-refractivity contribution >= 4 is 33.4 Å². The van der Waals surface area contributed by atoms with Gasteiger partial charge in [-0.05, 0) is 19.3 Å². The molecule has 140 valence electrons. The third kappa shape index (κ3) is 5.27. The minimum absolute atomic E-state index is 0.264. The monoisotopic (exact) mass is 370 g/mol. The van der Waals surface area contributed by atoms with Gasteiger partial charge in [-0.1, -0.05) is 0 Å². The lowest BCUT2D eigenvalue weighted by Crippen LogP contribution is -2.35. The zero-order chi connectivity index (χ0) is 18.6. The lowest BCUT2D eigenvalue weighted by atomic mass is 10.1. The summed E-state index contributed by atoms with van der Waals surface area (Å²) in [6.45, 7) is 1.59. The molecule has 2 rings (SSSR count). The van der Waals surface area contributed by atoms with Crippen LogP contribution in [-0.4, -0.2) is 75.6 Å². The molecular formula is C15H26N6O3S. The summed E-state index contributed by atoms with van der Waals surface area (Å²) in [6.07, 6.45) is 6.10.